The lowest BCUT2D eigenvalue weighted by molar-refractivity contribution is 0.414. The van der Waals surface area contributed by atoms with E-state index >= 15 is 0 Å². The van der Waals surface area contributed by atoms with Crippen molar-refractivity contribution in [2.24, 2.45) is 0 Å². The number of hydrogen-bond donors (Lipinski definition) is 1. The molecule has 3 heterocycles. The fourth-order valence-electron chi connectivity index (χ4n) is 2.77. The minimum Gasteiger partial charge on any atom is -0.497 e. The van der Waals surface area contributed by atoms with Gasteiger partial charge in [0.15, 0.2) is 5.82 Å². The van der Waals surface area contributed by atoms with E-state index in [2.05, 4.69) is 30.4 Å². The van der Waals surface area contributed by atoms with Gasteiger partial charge in [-0.15, -0.1) is 0 Å². The SMILES string of the molecule is COc1ccc(Cc2noc(-c3ccc(NCCc4cnccn4)nc3)n2)cc1. The van der Waals surface area contributed by atoms with Gasteiger partial charge in [-0.3, -0.25) is 9.97 Å². The number of anilines is 1. The highest BCUT2D eigenvalue weighted by molar-refractivity contribution is 5.54. The molecule has 3 aromatic heterocycles. The fraction of sp³-hybridized carbons (Fsp3) is 0.190. The van der Waals surface area contributed by atoms with Gasteiger partial charge < -0.3 is 14.6 Å². The van der Waals surface area contributed by atoms with Crippen molar-refractivity contribution in [2.45, 2.75) is 12.8 Å². The summed E-state index contributed by atoms with van der Waals surface area (Å²) in [5.41, 5.74) is 2.80. The van der Waals surface area contributed by atoms with Gasteiger partial charge in [0.25, 0.3) is 5.89 Å². The van der Waals surface area contributed by atoms with Crippen molar-refractivity contribution in [3.63, 3.8) is 0 Å². The molecule has 0 amide bonds. The molecule has 0 unspecified atom stereocenters. The van der Waals surface area contributed by atoms with Gasteiger partial charge in [-0.2, -0.15) is 4.98 Å². The highest BCUT2D eigenvalue weighted by Gasteiger charge is 2.10. The van der Waals surface area contributed by atoms with Crippen molar-refractivity contribution in [3.05, 3.63) is 78.3 Å². The van der Waals surface area contributed by atoms with E-state index in [4.69, 9.17) is 9.26 Å². The predicted molar refractivity (Wildman–Crippen MR) is 108 cm³/mol. The molecule has 0 aliphatic heterocycles. The Balaban J connectivity index is 1.34. The molecule has 4 aromatic rings. The van der Waals surface area contributed by atoms with E-state index in [0.717, 1.165) is 41.4 Å². The Hall–Kier alpha value is -3.81. The van der Waals surface area contributed by atoms with Crippen molar-refractivity contribution < 1.29 is 9.26 Å². The summed E-state index contributed by atoms with van der Waals surface area (Å²) in [7, 11) is 1.65. The topological polar surface area (TPSA) is 98.9 Å². The van der Waals surface area contributed by atoms with Crippen molar-refractivity contribution in [2.75, 3.05) is 19.0 Å². The lowest BCUT2D eigenvalue weighted by Crippen LogP contribution is -2.07. The van der Waals surface area contributed by atoms with Crippen LogP contribution in [0.1, 0.15) is 17.1 Å². The molecule has 1 N–H and O–H groups in total. The summed E-state index contributed by atoms with van der Waals surface area (Å²) in [6, 6.07) is 11.6. The van der Waals surface area contributed by atoms with Gasteiger partial charge in [0.05, 0.1) is 18.4 Å². The summed E-state index contributed by atoms with van der Waals surface area (Å²) in [4.78, 5) is 17.2. The maximum Gasteiger partial charge on any atom is 0.259 e. The van der Waals surface area contributed by atoms with Crippen molar-refractivity contribution in [1.29, 1.82) is 0 Å². The molecule has 0 aliphatic rings. The van der Waals surface area contributed by atoms with Crippen LogP contribution < -0.4 is 10.1 Å². The van der Waals surface area contributed by atoms with Gasteiger partial charge in [-0.1, -0.05) is 17.3 Å². The molecule has 146 valence electrons. The van der Waals surface area contributed by atoms with Crippen LogP contribution in [0.2, 0.25) is 0 Å². The normalized spacial score (nSPS) is 10.7. The van der Waals surface area contributed by atoms with Crippen LogP contribution in [-0.4, -0.2) is 38.7 Å². The summed E-state index contributed by atoms with van der Waals surface area (Å²) in [5.74, 6) is 2.66. The van der Waals surface area contributed by atoms with Gasteiger partial charge in [-0.05, 0) is 29.8 Å². The lowest BCUT2D eigenvalue weighted by atomic mass is 10.1. The minimum atomic E-state index is 0.451. The average molecular weight is 388 g/mol. The van der Waals surface area contributed by atoms with Crippen LogP contribution in [0.3, 0.4) is 0 Å². The summed E-state index contributed by atoms with van der Waals surface area (Å²) in [6.45, 7) is 0.720. The van der Waals surface area contributed by atoms with Crippen LogP contribution in [0.15, 0.2) is 65.7 Å². The van der Waals surface area contributed by atoms with Gasteiger partial charge in [0.1, 0.15) is 11.6 Å². The van der Waals surface area contributed by atoms with Crippen molar-refractivity contribution in [3.8, 4) is 17.2 Å². The summed E-state index contributed by atoms with van der Waals surface area (Å²) in [6.07, 6.45) is 8.19. The summed E-state index contributed by atoms with van der Waals surface area (Å²) in [5, 5.41) is 7.33. The van der Waals surface area contributed by atoms with E-state index in [1.54, 1.807) is 31.9 Å². The largest absolute Gasteiger partial charge is 0.497 e. The molecule has 0 aliphatic carbocycles. The Morgan fingerprint density at radius 2 is 1.90 bits per heavy atom. The Labute approximate surface area is 168 Å². The van der Waals surface area contributed by atoms with Crippen LogP contribution >= 0.6 is 0 Å². The minimum absolute atomic E-state index is 0.451. The molecule has 0 saturated heterocycles. The zero-order chi connectivity index (χ0) is 19.9. The molecule has 1 aromatic carbocycles. The van der Waals surface area contributed by atoms with Crippen LogP contribution in [0.25, 0.3) is 11.5 Å². The standard InChI is InChI=1S/C21H20N6O2/c1-28-18-5-2-15(3-6-18)12-20-26-21(29-27-20)16-4-7-19(25-13-16)24-9-8-17-14-22-10-11-23-17/h2-7,10-11,13-14H,8-9,12H2,1H3,(H,24,25). The Morgan fingerprint density at radius 1 is 1.00 bits per heavy atom. The maximum absolute atomic E-state index is 5.39. The number of hydrogen-bond acceptors (Lipinski definition) is 8. The Morgan fingerprint density at radius 3 is 2.62 bits per heavy atom. The van der Waals surface area contributed by atoms with Gasteiger partial charge in [0.2, 0.25) is 0 Å². The highest BCUT2D eigenvalue weighted by atomic mass is 16.5. The molecular weight excluding hydrogens is 368 g/mol. The molecular formula is C21H20N6O2. The first-order valence-electron chi connectivity index (χ1n) is 9.21. The van der Waals surface area contributed by atoms with E-state index in [-0.39, 0.29) is 0 Å². The number of methoxy groups -OCH3 is 1. The number of pyridine rings is 1. The lowest BCUT2D eigenvalue weighted by Gasteiger charge is -2.05. The molecule has 29 heavy (non-hydrogen) atoms. The summed E-state index contributed by atoms with van der Waals surface area (Å²) >= 11 is 0. The molecule has 0 fully saturated rings. The van der Waals surface area contributed by atoms with Gasteiger partial charge in [-0.25, -0.2) is 4.98 Å². The molecule has 8 nitrogen and oxygen atoms in total. The Kier molecular flexibility index (Phi) is 5.70. The number of nitrogens with zero attached hydrogens (tertiary/aromatic N) is 5. The first kappa shape index (κ1) is 18.5. The fourth-order valence-corrected chi connectivity index (χ4v) is 2.77. The molecule has 0 saturated carbocycles. The highest BCUT2D eigenvalue weighted by Crippen LogP contribution is 2.19. The van der Waals surface area contributed by atoms with Crippen molar-refractivity contribution in [1.82, 2.24) is 25.1 Å². The quantitative estimate of drug-likeness (QED) is 0.491. The molecule has 4 rings (SSSR count). The third-order valence-corrected chi connectivity index (χ3v) is 4.30. The smallest absolute Gasteiger partial charge is 0.259 e. The molecule has 8 heteroatoms. The van der Waals surface area contributed by atoms with E-state index in [0.29, 0.717) is 18.1 Å². The van der Waals surface area contributed by atoms with Crippen LogP contribution in [-0.2, 0) is 12.8 Å². The van der Waals surface area contributed by atoms with E-state index in [1.807, 2.05) is 36.4 Å². The van der Waals surface area contributed by atoms with E-state index in [1.165, 1.54) is 0 Å². The number of benzene rings is 1. The first-order valence-corrected chi connectivity index (χ1v) is 9.21. The zero-order valence-electron chi connectivity index (χ0n) is 15.9. The first-order chi connectivity index (χ1) is 14.3. The monoisotopic (exact) mass is 388 g/mol. The number of rotatable bonds is 8. The third-order valence-electron chi connectivity index (χ3n) is 4.30. The third kappa shape index (κ3) is 4.92. The van der Waals surface area contributed by atoms with Crippen LogP contribution in [0.5, 0.6) is 5.75 Å². The molecule has 0 spiro atoms. The number of aromatic nitrogens is 5. The predicted octanol–water partition coefficient (Wildman–Crippen LogP) is 3.18. The second kappa shape index (κ2) is 8.92. The average Bonchev–Trinajstić information content (AvgIpc) is 3.24. The zero-order valence-corrected chi connectivity index (χ0v) is 15.9. The van der Waals surface area contributed by atoms with Crippen LogP contribution in [0, 0.1) is 0 Å². The van der Waals surface area contributed by atoms with Crippen LogP contribution in [0.4, 0.5) is 5.82 Å². The molecule has 0 bridgehead atoms. The Bertz CT molecular complexity index is 1030. The van der Waals surface area contributed by atoms with E-state index in [9.17, 15) is 0 Å². The second-order valence-corrected chi connectivity index (χ2v) is 6.35. The molecule has 0 radical (unpaired) electrons. The van der Waals surface area contributed by atoms with E-state index < -0.39 is 0 Å². The number of ether oxygens (including phenoxy) is 1. The van der Waals surface area contributed by atoms with Gasteiger partial charge >= 0.3 is 0 Å². The van der Waals surface area contributed by atoms with Crippen molar-refractivity contribution >= 4 is 5.82 Å². The second-order valence-electron chi connectivity index (χ2n) is 6.35. The maximum atomic E-state index is 5.39. The molecule has 0 atom stereocenters. The number of nitrogens with one attached hydrogen (secondary N) is 1. The van der Waals surface area contributed by atoms with Gasteiger partial charge in [0, 0.05) is 44.2 Å². The summed E-state index contributed by atoms with van der Waals surface area (Å²) < 4.78 is 10.6.